The number of hydrogen-bond acceptors (Lipinski definition) is 2. The second-order valence-corrected chi connectivity index (χ2v) is 2.95. The summed E-state index contributed by atoms with van der Waals surface area (Å²) in [6.45, 7) is 0. The fourth-order valence-electron chi connectivity index (χ4n) is 0.887. The van der Waals surface area contributed by atoms with Crippen LogP contribution < -0.4 is 11.1 Å². The summed E-state index contributed by atoms with van der Waals surface area (Å²) in [6, 6.07) is 6.92. The number of aliphatic imine (C=N–C) groups is 1. The third-order valence-corrected chi connectivity index (χ3v) is 1.92. The van der Waals surface area contributed by atoms with Gasteiger partial charge in [0.25, 0.3) is 0 Å². The van der Waals surface area contributed by atoms with E-state index in [1.165, 1.54) is 0 Å². The summed E-state index contributed by atoms with van der Waals surface area (Å²) >= 11 is 5.81. The van der Waals surface area contributed by atoms with E-state index >= 15 is 0 Å². The van der Waals surface area contributed by atoms with Gasteiger partial charge in [-0.1, -0.05) is 11.6 Å². The molecule has 72 valence electrons. The Morgan fingerprint density at radius 3 is 2.86 bits per heavy atom. The number of anilines is 1. The zero-order valence-electron chi connectivity index (χ0n) is 7.58. The van der Waals surface area contributed by atoms with Gasteiger partial charge in [-0.3, -0.25) is 4.99 Å². The standard InChI is InChI=1S/C9H9ClN4/c1-13-9(12)14-7-3-2-6(5-11)8(10)4-7/h2-4H,1H3,(H3,12,13,14). The average Bonchev–Trinajstić information content (AvgIpc) is 2.18. The lowest BCUT2D eigenvalue weighted by molar-refractivity contribution is 1.38. The maximum absolute atomic E-state index is 8.63. The van der Waals surface area contributed by atoms with Crippen molar-refractivity contribution < 1.29 is 0 Å². The summed E-state index contributed by atoms with van der Waals surface area (Å²) in [4.78, 5) is 3.73. The number of nitrogens with one attached hydrogen (secondary N) is 1. The number of hydrogen-bond donors (Lipinski definition) is 2. The van der Waals surface area contributed by atoms with Crippen LogP contribution in [0.2, 0.25) is 5.02 Å². The molecule has 0 atom stereocenters. The number of benzene rings is 1. The van der Waals surface area contributed by atoms with E-state index in [-0.39, 0.29) is 0 Å². The lowest BCUT2D eigenvalue weighted by atomic mass is 10.2. The van der Waals surface area contributed by atoms with Gasteiger partial charge < -0.3 is 11.1 Å². The van der Waals surface area contributed by atoms with Crippen molar-refractivity contribution in [3.05, 3.63) is 28.8 Å². The SMILES string of the molecule is CN=C(N)Nc1ccc(C#N)c(Cl)c1. The first-order valence-corrected chi connectivity index (χ1v) is 4.24. The molecule has 5 heteroatoms. The zero-order valence-corrected chi connectivity index (χ0v) is 8.34. The Morgan fingerprint density at radius 2 is 2.36 bits per heavy atom. The van der Waals surface area contributed by atoms with Crippen molar-refractivity contribution in [2.45, 2.75) is 0 Å². The smallest absolute Gasteiger partial charge is 0.192 e. The minimum atomic E-state index is 0.297. The van der Waals surface area contributed by atoms with Gasteiger partial charge in [0.15, 0.2) is 5.96 Å². The molecule has 0 saturated heterocycles. The van der Waals surface area contributed by atoms with E-state index in [9.17, 15) is 0 Å². The molecule has 3 N–H and O–H groups in total. The molecule has 4 nitrogen and oxygen atoms in total. The van der Waals surface area contributed by atoms with Crippen molar-refractivity contribution in [2.75, 3.05) is 12.4 Å². The second-order valence-electron chi connectivity index (χ2n) is 2.54. The third-order valence-electron chi connectivity index (χ3n) is 1.60. The Hall–Kier alpha value is -1.73. The molecule has 0 unspecified atom stereocenters. The van der Waals surface area contributed by atoms with Crippen LogP contribution in [0.1, 0.15) is 5.56 Å². The minimum absolute atomic E-state index is 0.297. The van der Waals surface area contributed by atoms with Crippen molar-refractivity contribution >= 4 is 23.2 Å². The molecule has 0 heterocycles. The van der Waals surface area contributed by atoms with E-state index in [2.05, 4.69) is 10.3 Å². The van der Waals surface area contributed by atoms with Gasteiger partial charge >= 0.3 is 0 Å². The highest BCUT2D eigenvalue weighted by Gasteiger charge is 2.00. The number of nitriles is 1. The van der Waals surface area contributed by atoms with E-state index in [0.29, 0.717) is 22.2 Å². The Balaban J connectivity index is 2.93. The Labute approximate surface area is 87.0 Å². The van der Waals surface area contributed by atoms with Crippen LogP contribution in [0.25, 0.3) is 0 Å². The number of nitrogens with two attached hydrogens (primary N) is 1. The topological polar surface area (TPSA) is 74.2 Å². The summed E-state index contributed by atoms with van der Waals surface area (Å²) in [5.41, 5.74) is 6.60. The number of rotatable bonds is 1. The minimum Gasteiger partial charge on any atom is -0.370 e. The molecule has 0 fully saturated rings. The molecule has 0 aliphatic heterocycles. The normalized spacial score (nSPS) is 10.8. The van der Waals surface area contributed by atoms with Gasteiger partial charge in [-0.05, 0) is 18.2 Å². The molecule has 0 saturated carbocycles. The van der Waals surface area contributed by atoms with Crippen molar-refractivity contribution in [1.29, 1.82) is 5.26 Å². The summed E-state index contributed by atoms with van der Waals surface area (Å²) in [5, 5.41) is 11.8. The van der Waals surface area contributed by atoms with Crippen LogP contribution in [0.5, 0.6) is 0 Å². The van der Waals surface area contributed by atoms with Crippen LogP contribution in [0.15, 0.2) is 23.2 Å². The van der Waals surface area contributed by atoms with Crippen molar-refractivity contribution in [1.82, 2.24) is 0 Å². The molecule has 1 aromatic rings. The number of guanidine groups is 1. The van der Waals surface area contributed by atoms with Gasteiger partial charge in [-0.25, -0.2) is 0 Å². The van der Waals surface area contributed by atoms with Crippen LogP contribution in [0.4, 0.5) is 5.69 Å². The highest BCUT2D eigenvalue weighted by molar-refractivity contribution is 6.32. The Morgan fingerprint density at radius 1 is 1.64 bits per heavy atom. The molecule has 0 radical (unpaired) electrons. The number of nitrogens with zero attached hydrogens (tertiary/aromatic N) is 2. The Kier molecular flexibility index (Phi) is 3.32. The maximum Gasteiger partial charge on any atom is 0.192 e. The molecule has 0 amide bonds. The summed E-state index contributed by atoms with van der Waals surface area (Å²) < 4.78 is 0. The molecule has 0 aliphatic carbocycles. The van der Waals surface area contributed by atoms with Gasteiger partial charge in [-0.2, -0.15) is 5.26 Å². The van der Waals surface area contributed by atoms with E-state index in [1.54, 1.807) is 25.2 Å². The highest BCUT2D eigenvalue weighted by atomic mass is 35.5. The molecule has 1 rings (SSSR count). The molecular formula is C9H9ClN4. The molecular weight excluding hydrogens is 200 g/mol. The van der Waals surface area contributed by atoms with Crippen LogP contribution in [0, 0.1) is 11.3 Å². The monoisotopic (exact) mass is 208 g/mol. The quantitative estimate of drug-likeness (QED) is 0.544. The van der Waals surface area contributed by atoms with Gasteiger partial charge in [0.2, 0.25) is 0 Å². The van der Waals surface area contributed by atoms with Crippen molar-refractivity contribution in [2.24, 2.45) is 10.7 Å². The first-order chi connectivity index (χ1) is 6.67. The fraction of sp³-hybridized carbons (Fsp3) is 0.111. The fourth-order valence-corrected chi connectivity index (χ4v) is 1.11. The van der Waals surface area contributed by atoms with Crippen molar-refractivity contribution in [3.8, 4) is 6.07 Å². The van der Waals surface area contributed by atoms with Crippen LogP contribution in [0.3, 0.4) is 0 Å². The lowest BCUT2D eigenvalue weighted by Gasteiger charge is -2.05. The average molecular weight is 209 g/mol. The van der Waals surface area contributed by atoms with Gasteiger partial charge in [0.05, 0.1) is 10.6 Å². The lowest BCUT2D eigenvalue weighted by Crippen LogP contribution is -2.21. The second kappa shape index (κ2) is 4.49. The van der Waals surface area contributed by atoms with Crippen LogP contribution >= 0.6 is 11.6 Å². The maximum atomic E-state index is 8.63. The van der Waals surface area contributed by atoms with E-state index in [4.69, 9.17) is 22.6 Å². The van der Waals surface area contributed by atoms with Gasteiger partial charge in [0.1, 0.15) is 6.07 Å². The van der Waals surface area contributed by atoms with Crippen molar-refractivity contribution in [3.63, 3.8) is 0 Å². The summed E-state index contributed by atoms with van der Waals surface area (Å²) in [6.07, 6.45) is 0. The summed E-state index contributed by atoms with van der Waals surface area (Å²) in [7, 11) is 1.58. The first kappa shape index (κ1) is 10.4. The predicted molar refractivity (Wildman–Crippen MR) is 57.3 cm³/mol. The van der Waals surface area contributed by atoms with Gasteiger partial charge in [0, 0.05) is 12.7 Å². The Bertz CT molecular complexity index is 406. The van der Waals surface area contributed by atoms with E-state index in [1.807, 2.05) is 6.07 Å². The van der Waals surface area contributed by atoms with E-state index in [0.717, 1.165) is 0 Å². The first-order valence-electron chi connectivity index (χ1n) is 3.86. The van der Waals surface area contributed by atoms with E-state index < -0.39 is 0 Å². The van der Waals surface area contributed by atoms with Crippen LogP contribution in [-0.2, 0) is 0 Å². The molecule has 0 bridgehead atoms. The van der Waals surface area contributed by atoms with Gasteiger partial charge in [-0.15, -0.1) is 0 Å². The predicted octanol–water partition coefficient (Wildman–Crippen LogP) is 1.57. The molecule has 14 heavy (non-hydrogen) atoms. The summed E-state index contributed by atoms with van der Waals surface area (Å²) in [5.74, 6) is 0.297. The van der Waals surface area contributed by atoms with Crippen LogP contribution in [-0.4, -0.2) is 13.0 Å². The molecule has 1 aromatic carbocycles. The molecule has 0 aromatic heterocycles. The zero-order chi connectivity index (χ0) is 10.6. The molecule has 0 aliphatic rings. The highest BCUT2D eigenvalue weighted by Crippen LogP contribution is 2.19. The largest absolute Gasteiger partial charge is 0.370 e. The molecule has 0 spiro atoms. The number of halogens is 1. The third kappa shape index (κ3) is 2.38.